The second-order valence-electron chi connectivity index (χ2n) is 7.93. The van der Waals surface area contributed by atoms with Crippen LogP contribution in [0.25, 0.3) is 0 Å². The van der Waals surface area contributed by atoms with Crippen LogP contribution in [0, 0.1) is 5.92 Å². The first kappa shape index (κ1) is 23.4. The third-order valence-electron chi connectivity index (χ3n) is 4.99. The summed E-state index contributed by atoms with van der Waals surface area (Å²) in [6.07, 6.45) is 0. The van der Waals surface area contributed by atoms with Crippen LogP contribution >= 0.6 is 0 Å². The van der Waals surface area contributed by atoms with Crippen LogP contribution < -0.4 is 10.2 Å². The van der Waals surface area contributed by atoms with Gasteiger partial charge in [0.2, 0.25) is 11.8 Å². The Labute approximate surface area is 179 Å². The second kappa shape index (κ2) is 10.8. The molecule has 0 aliphatic heterocycles. The van der Waals surface area contributed by atoms with Gasteiger partial charge in [0.25, 0.3) is 0 Å². The van der Waals surface area contributed by atoms with Crippen LogP contribution in [0.1, 0.15) is 37.9 Å². The maximum atomic E-state index is 13.1. The van der Waals surface area contributed by atoms with Gasteiger partial charge in [0.15, 0.2) is 0 Å². The molecule has 0 saturated heterocycles. The Hall–Kier alpha value is -2.86. The van der Waals surface area contributed by atoms with Gasteiger partial charge in [0.05, 0.1) is 6.04 Å². The summed E-state index contributed by atoms with van der Waals surface area (Å²) >= 11 is 0. The smallest absolute Gasteiger partial charge is 0.250 e. The van der Waals surface area contributed by atoms with Gasteiger partial charge in [-0.2, -0.15) is 0 Å². The van der Waals surface area contributed by atoms with E-state index in [1.165, 1.54) is 7.11 Å². The summed E-state index contributed by atoms with van der Waals surface area (Å²) < 4.78 is 4.90. The summed E-state index contributed by atoms with van der Waals surface area (Å²) in [5.41, 5.74) is 3.73. The van der Waals surface area contributed by atoms with Crippen molar-refractivity contribution in [2.75, 3.05) is 38.0 Å². The molecule has 162 valence electrons. The molecule has 2 aromatic rings. The van der Waals surface area contributed by atoms with Crippen molar-refractivity contribution in [3.05, 3.63) is 59.7 Å². The average Bonchev–Trinajstić information content (AvgIpc) is 2.71. The molecule has 2 aromatic carbocycles. The molecule has 2 amide bonds. The summed E-state index contributed by atoms with van der Waals surface area (Å²) in [6.45, 7) is 6.32. The highest BCUT2D eigenvalue weighted by atomic mass is 16.5. The molecule has 0 aromatic heterocycles. The third-order valence-corrected chi connectivity index (χ3v) is 4.99. The molecule has 0 heterocycles. The van der Waals surface area contributed by atoms with Crippen molar-refractivity contribution in [1.29, 1.82) is 0 Å². The van der Waals surface area contributed by atoms with Crippen LogP contribution in [0.2, 0.25) is 0 Å². The van der Waals surface area contributed by atoms with Gasteiger partial charge < -0.3 is 19.9 Å². The Bertz CT molecular complexity index is 850. The molecule has 2 rings (SSSR count). The maximum Gasteiger partial charge on any atom is 0.250 e. The number of ether oxygens (including phenoxy) is 1. The van der Waals surface area contributed by atoms with Crippen molar-refractivity contribution in [3.8, 4) is 0 Å². The van der Waals surface area contributed by atoms with Gasteiger partial charge in [0.1, 0.15) is 6.61 Å². The van der Waals surface area contributed by atoms with Crippen LogP contribution in [0.15, 0.2) is 48.5 Å². The fourth-order valence-corrected chi connectivity index (χ4v) is 3.39. The Balaban J connectivity index is 2.41. The lowest BCUT2D eigenvalue weighted by atomic mass is 10.0. The lowest BCUT2D eigenvalue weighted by Gasteiger charge is -2.33. The summed E-state index contributed by atoms with van der Waals surface area (Å²) in [7, 11) is 5.43. The molecule has 0 unspecified atom stereocenters. The molecule has 6 heteroatoms. The van der Waals surface area contributed by atoms with Gasteiger partial charge in [-0.15, -0.1) is 0 Å². The molecule has 0 fully saturated rings. The van der Waals surface area contributed by atoms with Crippen molar-refractivity contribution >= 4 is 23.2 Å². The lowest BCUT2D eigenvalue weighted by Crippen LogP contribution is -2.36. The van der Waals surface area contributed by atoms with Gasteiger partial charge in [-0.05, 0) is 36.2 Å². The monoisotopic (exact) mass is 411 g/mol. The van der Waals surface area contributed by atoms with E-state index in [0.29, 0.717) is 12.2 Å². The van der Waals surface area contributed by atoms with Gasteiger partial charge >= 0.3 is 0 Å². The minimum absolute atomic E-state index is 0.00618. The number of carbonyl (C=O) groups excluding carboxylic acids is 2. The highest BCUT2D eigenvalue weighted by Crippen LogP contribution is 2.29. The second-order valence-corrected chi connectivity index (χ2v) is 7.93. The first-order valence-corrected chi connectivity index (χ1v) is 10.2. The van der Waals surface area contributed by atoms with E-state index in [0.717, 1.165) is 16.8 Å². The molecule has 6 nitrogen and oxygen atoms in total. The van der Waals surface area contributed by atoms with E-state index in [2.05, 4.69) is 12.2 Å². The Morgan fingerprint density at radius 2 is 1.70 bits per heavy atom. The number of benzene rings is 2. The minimum atomic E-state index is -0.214. The fourth-order valence-electron chi connectivity index (χ4n) is 3.39. The van der Waals surface area contributed by atoms with E-state index in [1.54, 1.807) is 0 Å². The zero-order chi connectivity index (χ0) is 22.3. The normalized spacial score (nSPS) is 11.8. The molecule has 0 saturated carbocycles. The van der Waals surface area contributed by atoms with E-state index in [4.69, 9.17) is 4.74 Å². The summed E-state index contributed by atoms with van der Waals surface area (Å²) in [4.78, 5) is 29.0. The molecule has 0 aliphatic carbocycles. The quantitative estimate of drug-likeness (QED) is 0.675. The largest absolute Gasteiger partial charge is 0.377 e. The molecule has 0 spiro atoms. The van der Waals surface area contributed by atoms with Crippen molar-refractivity contribution < 1.29 is 14.3 Å². The number of carbonyl (C=O) groups is 2. The highest BCUT2D eigenvalue weighted by molar-refractivity contribution is 5.92. The lowest BCUT2D eigenvalue weighted by molar-refractivity contribution is -0.137. The Kier molecular flexibility index (Phi) is 8.42. The molecule has 0 aliphatic rings. The zero-order valence-corrected chi connectivity index (χ0v) is 18.8. The SMILES string of the molecule is COCC(=O)Nc1ccc(N(C)C)c(CN(C(=O)C(C)C)[C@H](C)c2ccccc2)c1. The van der Waals surface area contributed by atoms with E-state index in [1.807, 2.05) is 86.3 Å². The number of hydrogen-bond donors (Lipinski definition) is 1. The number of rotatable bonds is 9. The molecule has 1 N–H and O–H groups in total. The van der Waals surface area contributed by atoms with Crippen molar-refractivity contribution in [2.24, 2.45) is 5.92 Å². The van der Waals surface area contributed by atoms with E-state index in [9.17, 15) is 9.59 Å². The van der Waals surface area contributed by atoms with Crippen LogP contribution in [0.5, 0.6) is 0 Å². The molecule has 0 bridgehead atoms. The van der Waals surface area contributed by atoms with Gasteiger partial charge in [-0.25, -0.2) is 0 Å². The van der Waals surface area contributed by atoms with Crippen LogP contribution in [0.3, 0.4) is 0 Å². The predicted molar refractivity (Wildman–Crippen MR) is 122 cm³/mol. The summed E-state index contributed by atoms with van der Waals surface area (Å²) in [5.74, 6) is -0.248. The summed E-state index contributed by atoms with van der Waals surface area (Å²) in [6, 6.07) is 15.7. The first-order valence-electron chi connectivity index (χ1n) is 10.2. The van der Waals surface area contributed by atoms with Gasteiger partial charge in [-0.1, -0.05) is 44.2 Å². The van der Waals surface area contributed by atoms with Gasteiger partial charge in [0, 0.05) is 45.0 Å². The number of amides is 2. The Morgan fingerprint density at radius 3 is 2.27 bits per heavy atom. The molecule has 30 heavy (non-hydrogen) atoms. The maximum absolute atomic E-state index is 13.1. The summed E-state index contributed by atoms with van der Waals surface area (Å²) in [5, 5.41) is 2.85. The predicted octanol–water partition coefficient (Wildman–Crippen LogP) is 4.08. The first-order chi connectivity index (χ1) is 14.2. The van der Waals surface area contributed by atoms with Crippen molar-refractivity contribution in [2.45, 2.75) is 33.4 Å². The van der Waals surface area contributed by atoms with Crippen LogP contribution in [0.4, 0.5) is 11.4 Å². The van der Waals surface area contributed by atoms with E-state index in [-0.39, 0.29) is 30.4 Å². The minimum Gasteiger partial charge on any atom is -0.377 e. The van der Waals surface area contributed by atoms with Gasteiger partial charge in [-0.3, -0.25) is 9.59 Å². The van der Waals surface area contributed by atoms with Crippen LogP contribution in [-0.2, 0) is 20.9 Å². The highest BCUT2D eigenvalue weighted by Gasteiger charge is 2.25. The molecular formula is C24H33N3O3. The standard InChI is InChI=1S/C24H33N3O3/c1-17(2)24(29)27(18(3)19-10-8-7-9-11-19)15-20-14-21(25-23(28)16-30-6)12-13-22(20)26(4)5/h7-14,17-18H,15-16H2,1-6H3,(H,25,28)/t18-/m1/s1. The Morgan fingerprint density at radius 1 is 1.03 bits per heavy atom. The number of nitrogens with zero attached hydrogens (tertiary/aromatic N) is 2. The van der Waals surface area contributed by atoms with E-state index >= 15 is 0 Å². The number of nitrogens with one attached hydrogen (secondary N) is 1. The number of anilines is 2. The third kappa shape index (κ3) is 6.07. The average molecular weight is 412 g/mol. The topological polar surface area (TPSA) is 61.9 Å². The van der Waals surface area contributed by atoms with Crippen LogP contribution in [-0.4, -0.2) is 44.5 Å². The number of methoxy groups -OCH3 is 1. The number of hydrogen-bond acceptors (Lipinski definition) is 4. The zero-order valence-electron chi connectivity index (χ0n) is 18.8. The van der Waals surface area contributed by atoms with Crippen molar-refractivity contribution in [3.63, 3.8) is 0 Å². The van der Waals surface area contributed by atoms with Crippen molar-refractivity contribution in [1.82, 2.24) is 4.90 Å². The fraction of sp³-hybridized carbons (Fsp3) is 0.417. The molecule has 1 atom stereocenters. The molecular weight excluding hydrogens is 378 g/mol. The van der Waals surface area contributed by atoms with E-state index < -0.39 is 0 Å². The molecule has 0 radical (unpaired) electrons.